The molecule has 0 radical (unpaired) electrons. The number of anilines is 1. The highest BCUT2D eigenvalue weighted by molar-refractivity contribution is 7.22. The molecule has 9 heteroatoms. The molecule has 5 rings (SSSR count). The number of ether oxygens (including phenoxy) is 2. The molecule has 0 unspecified atom stereocenters. The van der Waals surface area contributed by atoms with Crippen molar-refractivity contribution >= 4 is 32.4 Å². The first kappa shape index (κ1) is 17.2. The summed E-state index contributed by atoms with van der Waals surface area (Å²) in [4.78, 5) is 19.1. The number of hydrogen-bond donors (Lipinski definition) is 1. The highest BCUT2D eigenvalue weighted by atomic mass is 32.1. The van der Waals surface area contributed by atoms with Crippen molar-refractivity contribution in [1.82, 2.24) is 4.98 Å². The lowest BCUT2D eigenvalue weighted by molar-refractivity contribution is -0.914. The number of non-ortho nitro benzene ring substituents is 1. The number of quaternary nitrogens is 1. The maximum absolute atomic E-state index is 11.0. The Kier molecular flexibility index (Phi) is 4.25. The van der Waals surface area contributed by atoms with E-state index < -0.39 is 0 Å². The Bertz CT molecular complexity index is 1050. The van der Waals surface area contributed by atoms with E-state index in [1.54, 1.807) is 12.1 Å². The van der Waals surface area contributed by atoms with Crippen molar-refractivity contribution in [2.24, 2.45) is 0 Å². The Labute approximate surface area is 165 Å². The number of fused-ring (bicyclic) bond motifs is 2. The van der Waals surface area contributed by atoms with Gasteiger partial charge in [-0.15, -0.1) is 0 Å². The van der Waals surface area contributed by atoms with E-state index in [2.05, 4.69) is 22.0 Å². The van der Waals surface area contributed by atoms with E-state index in [0.29, 0.717) is 6.79 Å². The van der Waals surface area contributed by atoms with Gasteiger partial charge in [0.25, 0.3) is 5.69 Å². The molecule has 0 bridgehead atoms. The Balaban J connectivity index is 1.24. The first-order valence-electron chi connectivity index (χ1n) is 9.18. The van der Waals surface area contributed by atoms with Crippen LogP contribution in [0.4, 0.5) is 10.8 Å². The Morgan fingerprint density at radius 1 is 1.14 bits per heavy atom. The van der Waals surface area contributed by atoms with Gasteiger partial charge in [0, 0.05) is 17.7 Å². The molecule has 0 amide bonds. The average Bonchev–Trinajstić information content (AvgIpc) is 3.34. The van der Waals surface area contributed by atoms with Crippen LogP contribution in [0.2, 0.25) is 0 Å². The third-order valence-corrected chi connectivity index (χ3v) is 6.28. The number of nitro groups is 1. The molecular weight excluding hydrogens is 380 g/mol. The molecular formula is C19H19N4O4S+. The smallest absolute Gasteiger partial charge is 0.270 e. The van der Waals surface area contributed by atoms with Gasteiger partial charge in [-0.2, -0.15) is 0 Å². The van der Waals surface area contributed by atoms with E-state index in [-0.39, 0.29) is 10.6 Å². The number of piperazine rings is 1. The molecule has 1 N–H and O–H groups in total. The van der Waals surface area contributed by atoms with Crippen molar-refractivity contribution in [3.05, 3.63) is 52.1 Å². The summed E-state index contributed by atoms with van der Waals surface area (Å²) in [6, 6.07) is 11.0. The Hall–Kier alpha value is -2.91. The number of thiazole rings is 1. The third kappa shape index (κ3) is 3.23. The number of benzene rings is 2. The topological polar surface area (TPSA) is 82.2 Å². The molecule has 8 nitrogen and oxygen atoms in total. The van der Waals surface area contributed by atoms with Crippen LogP contribution >= 0.6 is 11.3 Å². The lowest BCUT2D eigenvalue weighted by atomic mass is 10.1. The molecule has 3 aromatic rings. The summed E-state index contributed by atoms with van der Waals surface area (Å²) in [6.07, 6.45) is 0. The van der Waals surface area contributed by atoms with Crippen LogP contribution in [0, 0.1) is 10.1 Å². The van der Waals surface area contributed by atoms with Gasteiger partial charge in [-0.3, -0.25) is 10.1 Å². The van der Waals surface area contributed by atoms with Gasteiger partial charge in [0.05, 0.1) is 41.3 Å². The van der Waals surface area contributed by atoms with Gasteiger partial charge in [0.1, 0.15) is 6.54 Å². The first-order valence-corrected chi connectivity index (χ1v) is 9.99. The zero-order chi connectivity index (χ0) is 19.1. The van der Waals surface area contributed by atoms with Gasteiger partial charge >= 0.3 is 0 Å². The maximum atomic E-state index is 11.0. The van der Waals surface area contributed by atoms with Crippen LogP contribution in [-0.2, 0) is 6.54 Å². The summed E-state index contributed by atoms with van der Waals surface area (Å²) in [5, 5.41) is 11.9. The van der Waals surface area contributed by atoms with Crippen LogP contribution in [0.5, 0.6) is 11.5 Å². The molecule has 0 spiro atoms. The van der Waals surface area contributed by atoms with Crippen LogP contribution in [0.3, 0.4) is 0 Å². The normalized spacial score (nSPS) is 16.6. The summed E-state index contributed by atoms with van der Waals surface area (Å²) < 4.78 is 11.7. The standard InChI is InChI=1S/C19H18N4O4S/c24-23(25)14-2-3-15-18(10-14)28-19(20-15)22-7-5-21(6-8-22)11-13-1-4-16-17(9-13)27-12-26-16/h1-4,9-10H,5-8,11-12H2/p+1. The first-order chi connectivity index (χ1) is 13.7. The molecule has 28 heavy (non-hydrogen) atoms. The molecule has 0 atom stereocenters. The van der Waals surface area contributed by atoms with Gasteiger partial charge in [-0.25, -0.2) is 4.98 Å². The van der Waals surface area contributed by atoms with Gasteiger partial charge < -0.3 is 19.3 Å². The molecule has 0 saturated carbocycles. The number of nitro benzene ring substituents is 1. The third-order valence-electron chi connectivity index (χ3n) is 5.20. The molecule has 0 aliphatic carbocycles. The lowest BCUT2D eigenvalue weighted by Gasteiger charge is -2.32. The van der Waals surface area contributed by atoms with Crippen molar-refractivity contribution in [3.63, 3.8) is 0 Å². The van der Waals surface area contributed by atoms with Crippen LogP contribution in [0.25, 0.3) is 10.2 Å². The largest absolute Gasteiger partial charge is 0.454 e. The molecule has 1 fully saturated rings. The van der Waals surface area contributed by atoms with Crippen molar-refractivity contribution in [3.8, 4) is 11.5 Å². The fraction of sp³-hybridized carbons (Fsp3) is 0.316. The van der Waals surface area contributed by atoms with E-state index >= 15 is 0 Å². The number of nitrogens with one attached hydrogen (secondary N) is 1. The Morgan fingerprint density at radius 3 is 2.79 bits per heavy atom. The lowest BCUT2D eigenvalue weighted by Crippen LogP contribution is -3.13. The molecule has 2 aliphatic heterocycles. The monoisotopic (exact) mass is 399 g/mol. The molecule has 1 aromatic heterocycles. The van der Waals surface area contributed by atoms with Crippen LogP contribution in [0.15, 0.2) is 36.4 Å². The predicted molar refractivity (Wildman–Crippen MR) is 105 cm³/mol. The summed E-state index contributed by atoms with van der Waals surface area (Å²) in [7, 11) is 0. The summed E-state index contributed by atoms with van der Waals surface area (Å²) in [5.41, 5.74) is 2.18. The van der Waals surface area contributed by atoms with Crippen molar-refractivity contribution in [1.29, 1.82) is 0 Å². The van der Waals surface area contributed by atoms with E-state index in [0.717, 1.165) is 59.6 Å². The fourth-order valence-electron chi connectivity index (χ4n) is 3.68. The number of aromatic nitrogens is 1. The minimum absolute atomic E-state index is 0.112. The van der Waals surface area contributed by atoms with E-state index in [4.69, 9.17) is 9.47 Å². The highest BCUT2D eigenvalue weighted by Gasteiger charge is 2.24. The second-order valence-electron chi connectivity index (χ2n) is 7.01. The quantitative estimate of drug-likeness (QED) is 0.533. The zero-order valence-corrected chi connectivity index (χ0v) is 15.9. The second kappa shape index (κ2) is 6.92. The fourth-order valence-corrected chi connectivity index (χ4v) is 4.73. The molecule has 2 aromatic carbocycles. The summed E-state index contributed by atoms with van der Waals surface area (Å²) in [5.74, 6) is 1.65. The second-order valence-corrected chi connectivity index (χ2v) is 8.02. The van der Waals surface area contributed by atoms with E-state index in [9.17, 15) is 10.1 Å². The minimum atomic E-state index is -0.364. The van der Waals surface area contributed by atoms with Crippen molar-refractivity contribution in [2.45, 2.75) is 6.54 Å². The van der Waals surface area contributed by atoms with Gasteiger partial charge in [0.2, 0.25) is 6.79 Å². The van der Waals surface area contributed by atoms with Crippen molar-refractivity contribution in [2.75, 3.05) is 37.9 Å². The summed E-state index contributed by atoms with van der Waals surface area (Å²) >= 11 is 1.52. The molecule has 1 saturated heterocycles. The summed E-state index contributed by atoms with van der Waals surface area (Å²) in [6.45, 7) is 5.13. The van der Waals surface area contributed by atoms with Crippen LogP contribution in [0.1, 0.15) is 5.56 Å². The number of hydrogen-bond acceptors (Lipinski definition) is 7. The van der Waals surface area contributed by atoms with Gasteiger partial charge in [-0.1, -0.05) is 11.3 Å². The average molecular weight is 399 g/mol. The number of rotatable bonds is 4. The van der Waals surface area contributed by atoms with E-state index in [1.165, 1.54) is 27.9 Å². The molecule has 144 valence electrons. The molecule has 2 aliphatic rings. The predicted octanol–water partition coefficient (Wildman–Crippen LogP) is 1.84. The van der Waals surface area contributed by atoms with Crippen LogP contribution < -0.4 is 19.3 Å². The van der Waals surface area contributed by atoms with E-state index in [1.807, 2.05) is 6.07 Å². The van der Waals surface area contributed by atoms with Crippen molar-refractivity contribution < 1.29 is 19.3 Å². The Morgan fingerprint density at radius 2 is 1.96 bits per heavy atom. The SMILES string of the molecule is O=[N+]([O-])c1ccc2nc(N3CC[NH+](Cc4ccc5c(c4)OCO5)CC3)sc2c1. The van der Waals surface area contributed by atoms with Crippen LogP contribution in [-0.4, -0.2) is 42.9 Å². The number of nitrogens with zero attached hydrogens (tertiary/aromatic N) is 3. The molecule has 3 heterocycles. The van der Waals surface area contributed by atoms with Gasteiger partial charge in [-0.05, 0) is 24.3 Å². The maximum Gasteiger partial charge on any atom is 0.270 e. The minimum Gasteiger partial charge on any atom is -0.454 e. The highest BCUT2D eigenvalue weighted by Crippen LogP contribution is 2.33. The van der Waals surface area contributed by atoms with Gasteiger partial charge in [0.15, 0.2) is 16.6 Å². The zero-order valence-electron chi connectivity index (χ0n) is 15.1.